The van der Waals surface area contributed by atoms with Crippen molar-refractivity contribution in [3.05, 3.63) is 0 Å². The number of hydrogen-bond acceptors (Lipinski definition) is 0. The Morgan fingerprint density at radius 3 is 0.376 bits per heavy atom. The van der Waals surface area contributed by atoms with Gasteiger partial charge in [-0.3, -0.25) is 0 Å². The van der Waals surface area contributed by atoms with E-state index in [-0.39, 0.29) is 0 Å². The third-order valence-corrected chi connectivity index (χ3v) is 33.2. The molecule has 12 fully saturated rings. The summed E-state index contributed by atoms with van der Waals surface area (Å²) in [6.07, 6.45) is 39.8. The number of rotatable bonds is 8. The molecule has 0 N–H and O–H groups in total. The molecule has 12 rings (SSSR count). The molecule has 0 aliphatic heterocycles. The van der Waals surface area contributed by atoms with Crippen molar-refractivity contribution in [2.45, 2.75) is 512 Å². The van der Waals surface area contributed by atoms with Gasteiger partial charge in [0.15, 0.2) is 0 Å². The lowest BCUT2D eigenvalue weighted by atomic mass is 9.45. The van der Waals surface area contributed by atoms with Crippen molar-refractivity contribution in [3.63, 3.8) is 0 Å². The first kappa shape index (κ1) is 105. The van der Waals surface area contributed by atoms with Crippen LogP contribution in [0.4, 0.5) is 0 Å². The highest BCUT2D eigenvalue weighted by Gasteiger charge is 2.57. The molecule has 0 aromatic rings. The van der Waals surface area contributed by atoms with Gasteiger partial charge in [-0.05, 0) is 261 Å². The summed E-state index contributed by atoms with van der Waals surface area (Å²) in [5.74, 6) is 8.09. The topological polar surface area (TPSA) is 0 Å². The van der Waals surface area contributed by atoms with Gasteiger partial charge in [0.05, 0.1) is 0 Å². The number of unbranched alkanes of at least 4 members (excludes halogenated alkanes) is 2. The second-order valence-electron chi connectivity index (χ2n) is 49.1. The molecule has 0 spiro atoms. The van der Waals surface area contributed by atoms with Crippen molar-refractivity contribution in [2.24, 2.45) is 139 Å². The summed E-state index contributed by atoms with van der Waals surface area (Å²) in [5, 5.41) is 0. The fourth-order valence-electron chi connectivity index (χ4n) is 19.1. The molecule has 0 radical (unpaired) electrons. The van der Waals surface area contributed by atoms with Gasteiger partial charge < -0.3 is 0 Å². The van der Waals surface area contributed by atoms with E-state index in [1.807, 2.05) is 0 Å². The minimum Gasteiger partial charge on any atom is -0.0654 e. The van der Waals surface area contributed by atoms with Crippen molar-refractivity contribution >= 4 is 0 Å². The van der Waals surface area contributed by atoms with E-state index in [4.69, 9.17) is 0 Å². The van der Waals surface area contributed by atoms with Crippen LogP contribution in [0.3, 0.4) is 0 Å². The molecule has 0 aromatic carbocycles. The lowest BCUT2D eigenvalue weighted by Gasteiger charge is -2.60. The van der Waals surface area contributed by atoms with Crippen molar-refractivity contribution in [1.29, 1.82) is 0 Å². The van der Waals surface area contributed by atoms with Gasteiger partial charge in [-0.15, -0.1) is 0 Å². The van der Waals surface area contributed by atoms with Gasteiger partial charge in [0.1, 0.15) is 0 Å². The first-order chi connectivity index (χ1) is 44.8. The van der Waals surface area contributed by atoms with Crippen molar-refractivity contribution < 1.29 is 0 Å². The Morgan fingerprint density at radius 1 is 0.208 bits per heavy atom. The maximum Gasteiger partial charge on any atom is -0.0272 e. The van der Waals surface area contributed by atoms with Crippen LogP contribution in [-0.4, -0.2) is 0 Å². The maximum atomic E-state index is 2.49. The summed E-state index contributed by atoms with van der Waals surface area (Å²) in [6.45, 7) is 113. The molecule has 0 unspecified atom stereocenters. The van der Waals surface area contributed by atoms with Gasteiger partial charge in [0.25, 0.3) is 0 Å². The fraction of sp³-hybridized carbons (Fsp3) is 1.00. The number of fused-ring (bicyclic) bond motifs is 12. The Hall–Kier alpha value is 0. The molecule has 0 heterocycles. The normalized spacial score (nSPS) is 27.1. The van der Waals surface area contributed by atoms with Gasteiger partial charge in [-0.25, -0.2) is 0 Å². The SMILES string of the molecule is CC(C)(C)CC(C)(C)C.CC1(C)C2CCC(CC2)C1(C)C.CC1(C)C2CCC(CC2)C1(C)C.CC1(C)C2CCC(CC2)C1(C)C.CC1(C)C2CCC(CC2)C1(C)C.CCC(C)(C)C(C)(C)C.CCC(C)(C)C(C)(C)C.CCC(C)(C)CC.CCCC(C)(C)C.CCCC(C)(C)C.CCCCC. The second kappa shape index (κ2) is 41.3. The smallest absolute Gasteiger partial charge is 0.0272 e. The molecular weight excluding hydrogens is 1210 g/mol. The summed E-state index contributed by atoms with van der Waals surface area (Å²) in [5.41, 5.74) is 9.23. The highest BCUT2D eigenvalue weighted by Crippen LogP contribution is 2.66. The summed E-state index contributed by atoms with van der Waals surface area (Å²) in [4.78, 5) is 0. The van der Waals surface area contributed by atoms with Crippen LogP contribution in [0, 0.1) is 139 Å². The zero-order valence-corrected chi connectivity index (χ0v) is 80.9. The number of hydrogen-bond donors (Lipinski definition) is 0. The molecule has 12 saturated carbocycles. The lowest BCUT2D eigenvalue weighted by molar-refractivity contribution is -0.104. The molecule has 12 aliphatic carbocycles. The molecule has 12 aliphatic rings. The third-order valence-electron chi connectivity index (χ3n) is 33.2. The maximum absolute atomic E-state index is 2.49. The lowest BCUT2D eigenvalue weighted by Crippen LogP contribution is -2.51. The largest absolute Gasteiger partial charge is 0.0654 e. The van der Waals surface area contributed by atoms with E-state index < -0.39 is 0 Å². The van der Waals surface area contributed by atoms with Crippen LogP contribution in [0.1, 0.15) is 512 Å². The highest BCUT2D eigenvalue weighted by molar-refractivity contribution is 5.06. The average molecular weight is 1420 g/mol. The van der Waals surface area contributed by atoms with Crippen LogP contribution in [0.15, 0.2) is 0 Å². The first-order valence-electron chi connectivity index (χ1n) is 44.8. The molecule has 8 bridgehead atoms. The van der Waals surface area contributed by atoms with Crippen LogP contribution < -0.4 is 0 Å². The Balaban J connectivity index is -0.00000106. The van der Waals surface area contributed by atoms with E-state index in [0.29, 0.717) is 92.1 Å². The standard InChI is InChI=1S/4C12H22.3C9H20.3C7H16.C5H12/c4*1-11(2)9-5-7-10(8-6-9)12(11,3)4;1-8(2,3)7-9(4,5)6;2*1-7-9(5,6)8(2,3)4;2*1-5-6-7(2,3)4;1-5-7(3,4)6-2;1-3-5-4-2/h4*9-10H,5-8H2,1-4H3;3*7H2,1-6H3;3*5-6H2,1-4H3;3-5H2,1-2H3. The van der Waals surface area contributed by atoms with E-state index in [9.17, 15) is 0 Å². The average Bonchev–Trinajstić information content (AvgIpc) is 0.761. The minimum absolute atomic E-state index is 0.446. The van der Waals surface area contributed by atoms with Gasteiger partial charge in [0.2, 0.25) is 0 Å². The van der Waals surface area contributed by atoms with Crippen LogP contribution in [-0.2, 0) is 0 Å². The molecule has 0 amide bonds. The van der Waals surface area contributed by atoms with Crippen LogP contribution in [0.5, 0.6) is 0 Å². The summed E-state index contributed by atoms with van der Waals surface area (Å²) in [7, 11) is 0. The van der Waals surface area contributed by atoms with Gasteiger partial charge in [-0.1, -0.05) is 390 Å². The predicted octanol–water partition coefficient (Wildman–Crippen LogP) is 36.5. The minimum atomic E-state index is 0.446. The molecule has 0 saturated heterocycles. The Kier molecular flexibility index (Phi) is 43.0. The van der Waals surface area contributed by atoms with E-state index in [1.165, 1.54) is 180 Å². The van der Waals surface area contributed by atoms with Gasteiger partial charge in [-0.2, -0.15) is 0 Å². The third kappa shape index (κ3) is 33.2. The zero-order chi connectivity index (χ0) is 80.9. The Labute approximate surface area is 647 Å². The summed E-state index contributed by atoms with van der Waals surface area (Å²) >= 11 is 0. The quantitative estimate of drug-likeness (QED) is 0.227. The molecule has 101 heavy (non-hydrogen) atoms. The molecule has 0 atom stereocenters. The van der Waals surface area contributed by atoms with Gasteiger partial charge in [0, 0.05) is 0 Å². The molecule has 612 valence electrons. The molecule has 0 heteroatoms. The van der Waals surface area contributed by atoms with Gasteiger partial charge >= 0.3 is 0 Å². The van der Waals surface area contributed by atoms with Crippen LogP contribution >= 0.6 is 0 Å². The molecular formula is C101H208. The first-order valence-corrected chi connectivity index (χ1v) is 44.8. The van der Waals surface area contributed by atoms with E-state index >= 15 is 0 Å². The van der Waals surface area contributed by atoms with E-state index in [1.54, 1.807) is 0 Å². The summed E-state index contributed by atoms with van der Waals surface area (Å²) < 4.78 is 0. The van der Waals surface area contributed by atoms with Crippen molar-refractivity contribution in [3.8, 4) is 0 Å². The molecule has 0 aromatic heterocycles. The van der Waals surface area contributed by atoms with Crippen molar-refractivity contribution in [2.75, 3.05) is 0 Å². The highest BCUT2D eigenvalue weighted by atomic mass is 14.6. The second-order valence-corrected chi connectivity index (χ2v) is 49.1. The van der Waals surface area contributed by atoms with Crippen LogP contribution in [0.25, 0.3) is 0 Å². The van der Waals surface area contributed by atoms with Crippen molar-refractivity contribution in [1.82, 2.24) is 0 Å². The summed E-state index contributed by atoms with van der Waals surface area (Å²) in [6, 6.07) is 0. The Bertz CT molecular complexity index is 1780. The monoisotopic (exact) mass is 1420 g/mol. The Morgan fingerprint density at radius 2 is 0.356 bits per heavy atom. The molecule has 0 nitrogen and oxygen atoms in total. The van der Waals surface area contributed by atoms with Crippen LogP contribution in [0.2, 0.25) is 0 Å². The zero-order valence-electron chi connectivity index (χ0n) is 80.9. The predicted molar refractivity (Wildman–Crippen MR) is 471 cm³/mol. The van der Waals surface area contributed by atoms with E-state index in [2.05, 4.69) is 332 Å². The van der Waals surface area contributed by atoms with E-state index in [0.717, 1.165) is 47.3 Å². The fourth-order valence-corrected chi connectivity index (χ4v) is 19.1.